The molecule has 2 fully saturated rings. The van der Waals surface area contributed by atoms with E-state index in [1.807, 2.05) is 17.0 Å². The first-order valence-corrected chi connectivity index (χ1v) is 11.0. The van der Waals surface area contributed by atoms with Crippen molar-refractivity contribution in [1.29, 1.82) is 0 Å². The number of hydrogen-bond acceptors (Lipinski definition) is 4. The van der Waals surface area contributed by atoms with Crippen LogP contribution < -0.4 is 9.80 Å². The number of rotatable bonds is 4. The normalized spacial score (nSPS) is 20.1. The maximum absolute atomic E-state index is 13.0. The zero-order valence-electron chi connectivity index (χ0n) is 17.7. The molecule has 1 aromatic heterocycles. The molecule has 2 saturated heterocycles. The van der Waals surface area contributed by atoms with Crippen molar-refractivity contribution < 1.29 is 4.79 Å². The number of carbonyl (C=O) groups is 1. The average Bonchev–Trinajstić information content (AvgIpc) is 2.79. The maximum Gasteiger partial charge on any atom is 0.255 e. The molecule has 2 aliphatic heterocycles. The summed E-state index contributed by atoms with van der Waals surface area (Å²) in [7, 11) is 0. The van der Waals surface area contributed by atoms with Gasteiger partial charge in [0.05, 0.1) is 5.56 Å². The van der Waals surface area contributed by atoms with E-state index in [2.05, 4.69) is 52.9 Å². The number of nitrogens with zero attached hydrogens (tertiary/aromatic N) is 4. The van der Waals surface area contributed by atoms with Crippen molar-refractivity contribution in [3.05, 3.63) is 53.7 Å². The van der Waals surface area contributed by atoms with E-state index in [1.54, 1.807) is 6.20 Å². The van der Waals surface area contributed by atoms with Gasteiger partial charge in [-0.2, -0.15) is 0 Å². The monoisotopic (exact) mass is 392 g/mol. The quantitative estimate of drug-likeness (QED) is 0.785. The van der Waals surface area contributed by atoms with E-state index in [1.165, 1.54) is 30.5 Å². The largest absolute Gasteiger partial charge is 0.368 e. The molecule has 5 nitrogen and oxygen atoms in total. The lowest BCUT2D eigenvalue weighted by Gasteiger charge is -2.37. The second kappa shape index (κ2) is 8.85. The summed E-state index contributed by atoms with van der Waals surface area (Å²) in [6.07, 6.45) is 6.69. The highest BCUT2D eigenvalue weighted by atomic mass is 16.2. The molecule has 2 aliphatic rings. The summed E-state index contributed by atoms with van der Waals surface area (Å²) in [5.41, 5.74) is 3.21. The van der Waals surface area contributed by atoms with Crippen LogP contribution in [0, 0.1) is 6.92 Å². The summed E-state index contributed by atoms with van der Waals surface area (Å²) in [4.78, 5) is 24.3. The fourth-order valence-electron chi connectivity index (χ4n) is 4.58. The molecule has 0 N–H and O–H groups in total. The average molecular weight is 393 g/mol. The number of anilines is 2. The number of hydrogen-bond donors (Lipinski definition) is 0. The van der Waals surface area contributed by atoms with Crippen LogP contribution in [0.4, 0.5) is 11.5 Å². The van der Waals surface area contributed by atoms with Gasteiger partial charge in [0.15, 0.2) is 0 Å². The minimum atomic E-state index is 0.0960. The van der Waals surface area contributed by atoms with Gasteiger partial charge in [-0.25, -0.2) is 4.98 Å². The third kappa shape index (κ3) is 4.39. The molecule has 29 heavy (non-hydrogen) atoms. The molecule has 2 aromatic rings. The molecule has 4 rings (SSSR count). The molecule has 1 aromatic carbocycles. The highest BCUT2D eigenvalue weighted by molar-refractivity contribution is 5.94. The van der Waals surface area contributed by atoms with Crippen molar-refractivity contribution in [2.75, 3.05) is 42.5 Å². The number of aryl methyl sites for hydroxylation is 1. The van der Waals surface area contributed by atoms with Crippen molar-refractivity contribution in [3.63, 3.8) is 0 Å². The predicted molar refractivity (Wildman–Crippen MR) is 119 cm³/mol. The van der Waals surface area contributed by atoms with Crippen LogP contribution >= 0.6 is 0 Å². The van der Waals surface area contributed by atoms with Gasteiger partial charge >= 0.3 is 0 Å². The van der Waals surface area contributed by atoms with Crippen LogP contribution in [0.25, 0.3) is 0 Å². The van der Waals surface area contributed by atoms with Gasteiger partial charge in [0.2, 0.25) is 0 Å². The molecule has 0 radical (unpaired) electrons. The number of carbonyl (C=O) groups excluding carboxylic acids is 1. The molecule has 0 aliphatic carbocycles. The summed E-state index contributed by atoms with van der Waals surface area (Å²) in [6.45, 7) is 8.67. The smallest absolute Gasteiger partial charge is 0.255 e. The number of benzene rings is 1. The number of aromatic nitrogens is 1. The Bertz CT molecular complexity index is 827. The SMILES string of the molecule is CCC1CCCCN1c1ccc(C(=O)N2CCN(c3cccc(C)c3)CC2)cn1. The topological polar surface area (TPSA) is 39.7 Å². The minimum Gasteiger partial charge on any atom is -0.368 e. The van der Waals surface area contributed by atoms with E-state index < -0.39 is 0 Å². The summed E-state index contributed by atoms with van der Waals surface area (Å²) in [5.74, 6) is 1.11. The van der Waals surface area contributed by atoms with Crippen molar-refractivity contribution in [2.24, 2.45) is 0 Å². The van der Waals surface area contributed by atoms with Gasteiger partial charge in [-0.05, 0) is 62.4 Å². The van der Waals surface area contributed by atoms with E-state index in [0.717, 1.165) is 45.0 Å². The highest BCUT2D eigenvalue weighted by Crippen LogP contribution is 2.25. The predicted octanol–water partition coefficient (Wildman–Crippen LogP) is 4.12. The van der Waals surface area contributed by atoms with Crippen molar-refractivity contribution >= 4 is 17.4 Å². The van der Waals surface area contributed by atoms with Gasteiger partial charge in [0, 0.05) is 50.6 Å². The zero-order chi connectivity index (χ0) is 20.2. The van der Waals surface area contributed by atoms with Gasteiger partial charge in [-0.1, -0.05) is 19.1 Å². The van der Waals surface area contributed by atoms with Gasteiger partial charge < -0.3 is 14.7 Å². The fraction of sp³-hybridized carbons (Fsp3) is 0.500. The Labute approximate surface area is 174 Å². The number of piperazine rings is 1. The van der Waals surface area contributed by atoms with Crippen LogP contribution in [0.5, 0.6) is 0 Å². The van der Waals surface area contributed by atoms with Crippen LogP contribution in [0.2, 0.25) is 0 Å². The Balaban J connectivity index is 1.37. The van der Waals surface area contributed by atoms with Crippen molar-refractivity contribution in [1.82, 2.24) is 9.88 Å². The van der Waals surface area contributed by atoms with E-state index in [4.69, 9.17) is 0 Å². The highest BCUT2D eigenvalue weighted by Gasteiger charge is 2.24. The fourth-order valence-corrected chi connectivity index (χ4v) is 4.58. The Kier molecular flexibility index (Phi) is 6.02. The van der Waals surface area contributed by atoms with Gasteiger partial charge in [-0.3, -0.25) is 4.79 Å². The summed E-state index contributed by atoms with van der Waals surface area (Å²) >= 11 is 0. The second-order valence-electron chi connectivity index (χ2n) is 8.27. The first kappa shape index (κ1) is 19.7. The third-order valence-corrected chi connectivity index (χ3v) is 6.32. The number of pyridine rings is 1. The Hall–Kier alpha value is -2.56. The molecule has 154 valence electrons. The van der Waals surface area contributed by atoms with E-state index in [-0.39, 0.29) is 5.91 Å². The number of amides is 1. The lowest BCUT2D eigenvalue weighted by Crippen LogP contribution is -2.48. The molecular formula is C24H32N4O. The molecule has 5 heteroatoms. The van der Waals surface area contributed by atoms with Crippen LogP contribution in [-0.2, 0) is 0 Å². The first-order valence-electron chi connectivity index (χ1n) is 11.0. The first-order chi connectivity index (χ1) is 14.2. The van der Waals surface area contributed by atoms with Crippen LogP contribution in [0.3, 0.4) is 0 Å². The second-order valence-corrected chi connectivity index (χ2v) is 8.27. The molecular weight excluding hydrogens is 360 g/mol. The van der Waals surface area contributed by atoms with Crippen LogP contribution in [0.1, 0.15) is 48.5 Å². The Morgan fingerprint density at radius 2 is 1.90 bits per heavy atom. The standard InChI is InChI=1S/C24H32N4O/c1-3-21-8-4-5-12-28(21)23-11-10-20(18-25-23)24(29)27-15-13-26(14-16-27)22-9-6-7-19(2)17-22/h6-7,9-11,17-18,21H,3-5,8,12-16H2,1-2H3. The molecule has 0 saturated carbocycles. The minimum absolute atomic E-state index is 0.0960. The zero-order valence-corrected chi connectivity index (χ0v) is 17.7. The summed E-state index contributed by atoms with van der Waals surface area (Å²) < 4.78 is 0. The third-order valence-electron chi connectivity index (χ3n) is 6.32. The molecule has 1 atom stereocenters. The molecule has 3 heterocycles. The summed E-state index contributed by atoms with van der Waals surface area (Å²) in [5, 5.41) is 0. The van der Waals surface area contributed by atoms with E-state index in [9.17, 15) is 4.79 Å². The van der Waals surface area contributed by atoms with Gasteiger partial charge in [0.25, 0.3) is 5.91 Å². The van der Waals surface area contributed by atoms with E-state index >= 15 is 0 Å². The van der Waals surface area contributed by atoms with Crippen LogP contribution in [0.15, 0.2) is 42.6 Å². The van der Waals surface area contributed by atoms with Crippen molar-refractivity contribution in [3.8, 4) is 0 Å². The van der Waals surface area contributed by atoms with Crippen LogP contribution in [-0.4, -0.2) is 54.6 Å². The molecule has 1 unspecified atom stereocenters. The lowest BCUT2D eigenvalue weighted by molar-refractivity contribution is 0.0746. The summed E-state index contributed by atoms with van der Waals surface area (Å²) in [6, 6.07) is 13.1. The lowest BCUT2D eigenvalue weighted by atomic mass is 10.00. The molecule has 0 bridgehead atoms. The molecule has 0 spiro atoms. The Morgan fingerprint density at radius 3 is 2.59 bits per heavy atom. The van der Waals surface area contributed by atoms with Crippen molar-refractivity contribution in [2.45, 2.75) is 45.6 Å². The van der Waals surface area contributed by atoms with E-state index in [0.29, 0.717) is 11.6 Å². The molecule has 1 amide bonds. The van der Waals surface area contributed by atoms with Gasteiger partial charge in [0.1, 0.15) is 5.82 Å². The van der Waals surface area contributed by atoms with Gasteiger partial charge in [-0.15, -0.1) is 0 Å². The maximum atomic E-state index is 13.0. The number of piperidine rings is 1. The Morgan fingerprint density at radius 1 is 1.07 bits per heavy atom.